The van der Waals surface area contributed by atoms with E-state index in [0.29, 0.717) is 11.0 Å². The standard InChI is InChI=1S/C11H13ClN2S/c1-5(2)8-7(12)4-6(3)10-9(8)14-11(13)15-10/h4-5H,1-3H3,(H2,13,14). The number of nitrogen functional groups attached to an aromatic ring is 1. The van der Waals surface area contributed by atoms with Crippen LogP contribution in [-0.2, 0) is 0 Å². The van der Waals surface area contributed by atoms with Crippen molar-refractivity contribution < 1.29 is 0 Å². The van der Waals surface area contributed by atoms with Crippen molar-refractivity contribution in [3.05, 3.63) is 22.2 Å². The van der Waals surface area contributed by atoms with E-state index in [2.05, 4.69) is 18.8 Å². The number of benzene rings is 1. The molecule has 0 radical (unpaired) electrons. The number of thiazole rings is 1. The first-order valence-electron chi connectivity index (χ1n) is 4.85. The van der Waals surface area contributed by atoms with Gasteiger partial charge in [0.2, 0.25) is 0 Å². The zero-order valence-corrected chi connectivity index (χ0v) is 10.5. The highest BCUT2D eigenvalue weighted by Crippen LogP contribution is 2.37. The minimum Gasteiger partial charge on any atom is -0.375 e. The summed E-state index contributed by atoms with van der Waals surface area (Å²) in [5.41, 5.74) is 8.96. The quantitative estimate of drug-likeness (QED) is 0.819. The van der Waals surface area contributed by atoms with E-state index in [4.69, 9.17) is 17.3 Å². The smallest absolute Gasteiger partial charge is 0.181 e. The van der Waals surface area contributed by atoms with Gasteiger partial charge < -0.3 is 5.73 Å². The highest BCUT2D eigenvalue weighted by Gasteiger charge is 2.15. The third-order valence-corrected chi connectivity index (χ3v) is 3.77. The van der Waals surface area contributed by atoms with Crippen LogP contribution in [0.15, 0.2) is 6.07 Å². The first-order chi connectivity index (χ1) is 7.00. The number of hydrogen-bond donors (Lipinski definition) is 1. The summed E-state index contributed by atoms with van der Waals surface area (Å²) in [6.07, 6.45) is 0. The van der Waals surface area contributed by atoms with E-state index in [-0.39, 0.29) is 0 Å². The maximum Gasteiger partial charge on any atom is 0.181 e. The molecule has 1 aromatic heterocycles. The minimum absolute atomic E-state index is 0.363. The van der Waals surface area contributed by atoms with Gasteiger partial charge in [-0.1, -0.05) is 36.8 Å². The molecule has 1 heterocycles. The average Bonchev–Trinajstić information content (AvgIpc) is 2.45. The topological polar surface area (TPSA) is 38.9 Å². The van der Waals surface area contributed by atoms with E-state index < -0.39 is 0 Å². The van der Waals surface area contributed by atoms with Crippen LogP contribution in [0.25, 0.3) is 10.2 Å². The number of hydrogen-bond acceptors (Lipinski definition) is 3. The largest absolute Gasteiger partial charge is 0.375 e. The van der Waals surface area contributed by atoms with Gasteiger partial charge in [0, 0.05) is 10.6 Å². The van der Waals surface area contributed by atoms with Crippen molar-refractivity contribution in [2.24, 2.45) is 0 Å². The Morgan fingerprint density at radius 3 is 2.73 bits per heavy atom. The highest BCUT2D eigenvalue weighted by atomic mass is 35.5. The van der Waals surface area contributed by atoms with E-state index >= 15 is 0 Å². The fourth-order valence-corrected chi connectivity index (χ4v) is 3.07. The summed E-state index contributed by atoms with van der Waals surface area (Å²) in [4.78, 5) is 4.37. The molecule has 2 rings (SSSR count). The summed E-state index contributed by atoms with van der Waals surface area (Å²) >= 11 is 7.76. The second kappa shape index (κ2) is 3.65. The Morgan fingerprint density at radius 1 is 1.47 bits per heavy atom. The molecule has 1 aromatic carbocycles. The Labute approximate surface area is 98.1 Å². The van der Waals surface area contributed by atoms with E-state index in [1.165, 1.54) is 11.3 Å². The van der Waals surface area contributed by atoms with Crippen LogP contribution in [0.2, 0.25) is 5.02 Å². The fourth-order valence-electron chi connectivity index (χ4n) is 1.78. The number of halogens is 1. The zero-order valence-electron chi connectivity index (χ0n) is 8.97. The molecule has 0 saturated carbocycles. The fraction of sp³-hybridized carbons (Fsp3) is 0.364. The molecule has 2 N–H and O–H groups in total. The molecule has 80 valence electrons. The molecule has 2 aromatic rings. The van der Waals surface area contributed by atoms with E-state index in [0.717, 1.165) is 26.4 Å². The average molecular weight is 241 g/mol. The van der Waals surface area contributed by atoms with Gasteiger partial charge in [-0.05, 0) is 24.5 Å². The van der Waals surface area contributed by atoms with Crippen LogP contribution in [0.1, 0.15) is 30.9 Å². The van der Waals surface area contributed by atoms with Crippen LogP contribution in [0.5, 0.6) is 0 Å². The molecule has 0 fully saturated rings. The highest BCUT2D eigenvalue weighted by molar-refractivity contribution is 7.22. The molecule has 0 unspecified atom stereocenters. The molecule has 2 nitrogen and oxygen atoms in total. The molecule has 0 aliphatic rings. The number of fused-ring (bicyclic) bond motifs is 1. The van der Waals surface area contributed by atoms with Gasteiger partial charge in [0.1, 0.15) is 0 Å². The summed E-state index contributed by atoms with van der Waals surface area (Å²) in [5, 5.41) is 1.40. The van der Waals surface area contributed by atoms with Gasteiger partial charge in [-0.25, -0.2) is 4.98 Å². The molecular formula is C11H13ClN2S. The number of rotatable bonds is 1. The lowest BCUT2D eigenvalue weighted by atomic mass is 10.0. The van der Waals surface area contributed by atoms with Crippen LogP contribution in [0.4, 0.5) is 5.13 Å². The number of aromatic nitrogens is 1. The summed E-state index contributed by atoms with van der Waals surface area (Å²) in [6.45, 7) is 6.27. The van der Waals surface area contributed by atoms with Crippen LogP contribution < -0.4 is 5.73 Å². The lowest BCUT2D eigenvalue weighted by molar-refractivity contribution is 0.873. The van der Waals surface area contributed by atoms with Crippen molar-refractivity contribution >= 4 is 38.3 Å². The van der Waals surface area contributed by atoms with E-state index in [1.807, 2.05) is 13.0 Å². The second-order valence-electron chi connectivity index (χ2n) is 3.97. The Hall–Kier alpha value is -0.800. The summed E-state index contributed by atoms with van der Waals surface area (Å²) in [6, 6.07) is 2.00. The van der Waals surface area contributed by atoms with Crippen molar-refractivity contribution in [3.8, 4) is 0 Å². The number of nitrogens with zero attached hydrogens (tertiary/aromatic N) is 1. The van der Waals surface area contributed by atoms with Gasteiger partial charge in [-0.15, -0.1) is 0 Å². The Morgan fingerprint density at radius 2 is 2.13 bits per heavy atom. The molecule has 0 aliphatic heterocycles. The second-order valence-corrected chi connectivity index (χ2v) is 5.41. The maximum absolute atomic E-state index is 6.24. The monoisotopic (exact) mass is 240 g/mol. The van der Waals surface area contributed by atoms with Crippen molar-refractivity contribution in [1.82, 2.24) is 4.98 Å². The molecule has 0 atom stereocenters. The SMILES string of the molecule is Cc1cc(Cl)c(C(C)C)c2nc(N)sc12. The Kier molecular flexibility index (Phi) is 2.61. The first kappa shape index (κ1) is 10.7. The van der Waals surface area contributed by atoms with Gasteiger partial charge in [0.05, 0.1) is 10.2 Å². The van der Waals surface area contributed by atoms with E-state index in [9.17, 15) is 0 Å². The molecule has 15 heavy (non-hydrogen) atoms. The molecule has 0 amide bonds. The van der Waals surface area contributed by atoms with Crippen molar-refractivity contribution in [1.29, 1.82) is 0 Å². The number of aryl methyl sites for hydroxylation is 1. The predicted molar refractivity (Wildman–Crippen MR) is 67.9 cm³/mol. The minimum atomic E-state index is 0.363. The third kappa shape index (κ3) is 1.70. The molecule has 0 aliphatic carbocycles. The van der Waals surface area contributed by atoms with Gasteiger partial charge in [-0.2, -0.15) is 0 Å². The van der Waals surface area contributed by atoms with Crippen LogP contribution in [0.3, 0.4) is 0 Å². The lowest BCUT2D eigenvalue weighted by Crippen LogP contribution is -1.92. The molecule has 0 saturated heterocycles. The van der Waals surface area contributed by atoms with Crippen molar-refractivity contribution in [2.75, 3.05) is 5.73 Å². The molecule has 0 spiro atoms. The van der Waals surface area contributed by atoms with Gasteiger partial charge in [-0.3, -0.25) is 0 Å². The number of anilines is 1. The van der Waals surface area contributed by atoms with Crippen LogP contribution in [-0.4, -0.2) is 4.98 Å². The molecular weight excluding hydrogens is 228 g/mol. The zero-order chi connectivity index (χ0) is 11.2. The van der Waals surface area contributed by atoms with Crippen LogP contribution in [0, 0.1) is 6.92 Å². The maximum atomic E-state index is 6.24. The van der Waals surface area contributed by atoms with Gasteiger partial charge in [0.15, 0.2) is 5.13 Å². The molecule has 4 heteroatoms. The summed E-state index contributed by atoms with van der Waals surface area (Å²) in [7, 11) is 0. The normalized spacial score (nSPS) is 11.5. The van der Waals surface area contributed by atoms with Crippen LogP contribution >= 0.6 is 22.9 Å². The first-order valence-corrected chi connectivity index (χ1v) is 6.05. The summed E-state index contributed by atoms with van der Waals surface area (Å²) < 4.78 is 1.15. The van der Waals surface area contributed by atoms with Gasteiger partial charge in [0.25, 0.3) is 0 Å². The summed E-state index contributed by atoms with van der Waals surface area (Å²) in [5.74, 6) is 0.363. The molecule has 0 bridgehead atoms. The third-order valence-electron chi connectivity index (χ3n) is 2.43. The number of nitrogens with two attached hydrogens (primary N) is 1. The van der Waals surface area contributed by atoms with E-state index in [1.54, 1.807) is 0 Å². The lowest BCUT2D eigenvalue weighted by Gasteiger charge is -2.10. The Bertz CT molecular complexity index is 517. The van der Waals surface area contributed by atoms with Gasteiger partial charge >= 0.3 is 0 Å². The predicted octanol–water partition coefficient (Wildman–Crippen LogP) is 3.96. The van der Waals surface area contributed by atoms with Crippen molar-refractivity contribution in [3.63, 3.8) is 0 Å². The Balaban J connectivity index is 2.89. The van der Waals surface area contributed by atoms with Crippen molar-refractivity contribution in [2.45, 2.75) is 26.7 Å².